The van der Waals surface area contributed by atoms with Gasteiger partial charge in [-0.2, -0.15) is 0 Å². The number of unbranched alkanes of at least 4 members (excludes halogenated alkanes) is 13. The Morgan fingerprint density at radius 2 is 1.26 bits per heavy atom. The summed E-state index contributed by atoms with van der Waals surface area (Å²) in [5, 5.41) is 0. The van der Waals surface area contributed by atoms with Crippen LogP contribution in [0.25, 0.3) is 0 Å². The fourth-order valence-corrected chi connectivity index (χ4v) is 4.73. The summed E-state index contributed by atoms with van der Waals surface area (Å²) < 4.78 is 34.1. The molecule has 8 nitrogen and oxygen atoms in total. The molecule has 0 aliphatic carbocycles. The van der Waals surface area contributed by atoms with Gasteiger partial charge < -0.3 is 18.9 Å². The van der Waals surface area contributed by atoms with Gasteiger partial charge in [-0.05, 0) is 12.8 Å². The number of rotatable bonds is 28. The fraction of sp³-hybridized carbons (Fsp3) is 0.966. The number of carbonyl (C=O) groups excluding carboxylic acids is 1. The zero-order valence-electron chi connectivity index (χ0n) is 25.4. The number of carbonyl (C=O) groups is 1. The predicted octanol–water partition coefficient (Wildman–Crippen LogP) is 7.43. The number of hydrogen-bond donors (Lipinski definition) is 1. The van der Waals surface area contributed by atoms with Crippen LogP contribution in [0.1, 0.15) is 123 Å². The molecule has 0 saturated carbocycles. The van der Waals surface area contributed by atoms with E-state index in [0.717, 1.165) is 12.8 Å². The molecule has 0 saturated heterocycles. The summed E-state index contributed by atoms with van der Waals surface area (Å²) in [7, 11) is 1.69. The van der Waals surface area contributed by atoms with Gasteiger partial charge in [0.1, 0.15) is 19.3 Å². The Bertz CT molecular complexity index is 598. The van der Waals surface area contributed by atoms with Crippen LogP contribution in [0.4, 0.5) is 0 Å². The van der Waals surface area contributed by atoms with Crippen LogP contribution in [-0.2, 0) is 27.9 Å². The second kappa shape index (κ2) is 24.3. The van der Waals surface area contributed by atoms with Crippen LogP contribution >= 0.6 is 7.82 Å². The highest BCUT2D eigenvalue weighted by Crippen LogP contribution is 2.43. The molecule has 0 heterocycles. The summed E-state index contributed by atoms with van der Waals surface area (Å²) in [6.07, 6.45) is 19.2. The monoisotopic (exact) mass is 566 g/mol. The number of ether oxygens (including phenoxy) is 2. The van der Waals surface area contributed by atoms with E-state index in [-0.39, 0.29) is 19.2 Å². The van der Waals surface area contributed by atoms with E-state index in [1.54, 1.807) is 0 Å². The van der Waals surface area contributed by atoms with Crippen molar-refractivity contribution in [1.82, 2.24) is 0 Å². The zero-order chi connectivity index (χ0) is 28.5. The average molecular weight is 567 g/mol. The minimum atomic E-state index is -4.21. The summed E-state index contributed by atoms with van der Waals surface area (Å²) in [6, 6.07) is 0. The number of quaternary nitrogens is 1. The molecule has 0 amide bonds. The van der Waals surface area contributed by atoms with Crippen molar-refractivity contribution in [2.24, 2.45) is 0 Å². The normalized spacial score (nSPS) is 14.4. The highest BCUT2D eigenvalue weighted by Gasteiger charge is 2.26. The third kappa shape index (κ3) is 27.1. The summed E-state index contributed by atoms with van der Waals surface area (Å²) in [5.74, 6) is -0.341. The van der Waals surface area contributed by atoms with Crippen molar-refractivity contribution in [2.45, 2.75) is 129 Å². The van der Waals surface area contributed by atoms with Gasteiger partial charge in [0.2, 0.25) is 0 Å². The second-order valence-corrected chi connectivity index (χ2v) is 12.9. The first kappa shape index (κ1) is 37.5. The van der Waals surface area contributed by atoms with Crippen LogP contribution in [-0.4, -0.2) is 75.6 Å². The SMILES string of the molecule is CCCCCCCCCCCCCCCCOCCC(COP(=O)(O)OCC[N+](C)(C)C)OC(=O)CCC. The smallest absolute Gasteiger partial charge is 0.460 e. The van der Waals surface area contributed by atoms with Crippen LogP contribution in [0.15, 0.2) is 0 Å². The highest BCUT2D eigenvalue weighted by atomic mass is 31.2. The third-order valence-corrected chi connectivity index (χ3v) is 7.40. The maximum absolute atomic E-state index is 12.2. The second-order valence-electron chi connectivity index (χ2n) is 11.5. The number of esters is 1. The molecule has 0 aromatic rings. The lowest BCUT2D eigenvalue weighted by molar-refractivity contribution is -0.870. The van der Waals surface area contributed by atoms with Gasteiger partial charge in [-0.15, -0.1) is 0 Å². The molecular formula is C29H61NO7P+. The first-order valence-electron chi connectivity index (χ1n) is 15.3. The molecule has 38 heavy (non-hydrogen) atoms. The molecule has 0 aliphatic heterocycles. The van der Waals surface area contributed by atoms with Gasteiger partial charge in [0, 0.05) is 19.4 Å². The molecule has 2 unspecified atom stereocenters. The molecule has 0 spiro atoms. The number of hydrogen-bond acceptors (Lipinski definition) is 6. The third-order valence-electron chi connectivity index (χ3n) is 6.42. The van der Waals surface area contributed by atoms with Gasteiger partial charge in [0.25, 0.3) is 0 Å². The zero-order valence-corrected chi connectivity index (χ0v) is 26.3. The number of phosphoric ester groups is 1. The first-order valence-corrected chi connectivity index (χ1v) is 16.8. The van der Waals surface area contributed by atoms with E-state index >= 15 is 0 Å². The Morgan fingerprint density at radius 3 is 1.76 bits per heavy atom. The van der Waals surface area contributed by atoms with Crippen molar-refractivity contribution in [1.29, 1.82) is 0 Å². The maximum Gasteiger partial charge on any atom is 0.472 e. The summed E-state index contributed by atoms with van der Waals surface area (Å²) in [5.41, 5.74) is 0. The van der Waals surface area contributed by atoms with Gasteiger partial charge >= 0.3 is 13.8 Å². The van der Waals surface area contributed by atoms with E-state index in [1.165, 1.54) is 77.0 Å². The van der Waals surface area contributed by atoms with Crippen molar-refractivity contribution in [3.63, 3.8) is 0 Å². The van der Waals surface area contributed by atoms with E-state index in [4.69, 9.17) is 18.5 Å². The Labute approximate surface area is 234 Å². The van der Waals surface area contributed by atoms with Crippen LogP contribution in [0, 0.1) is 0 Å². The molecule has 9 heteroatoms. The van der Waals surface area contributed by atoms with E-state index in [0.29, 0.717) is 43.5 Å². The van der Waals surface area contributed by atoms with Crippen molar-refractivity contribution >= 4 is 13.8 Å². The summed E-state index contributed by atoms with van der Waals surface area (Å²) in [6.45, 7) is 5.70. The number of nitrogens with zero attached hydrogens (tertiary/aromatic N) is 1. The van der Waals surface area contributed by atoms with E-state index < -0.39 is 13.9 Å². The molecule has 0 aliphatic rings. The molecule has 228 valence electrons. The molecule has 0 rings (SSSR count). The molecule has 0 bridgehead atoms. The van der Waals surface area contributed by atoms with E-state index in [2.05, 4.69) is 6.92 Å². The van der Waals surface area contributed by atoms with Crippen molar-refractivity contribution in [3.05, 3.63) is 0 Å². The predicted molar refractivity (Wildman–Crippen MR) is 155 cm³/mol. The van der Waals surface area contributed by atoms with Gasteiger partial charge in [-0.3, -0.25) is 13.8 Å². The molecule has 0 aromatic heterocycles. The Balaban J connectivity index is 3.92. The van der Waals surface area contributed by atoms with Gasteiger partial charge in [0.05, 0.1) is 34.4 Å². The first-order chi connectivity index (χ1) is 18.1. The highest BCUT2D eigenvalue weighted by molar-refractivity contribution is 7.47. The fourth-order valence-electron chi connectivity index (χ4n) is 3.99. The largest absolute Gasteiger partial charge is 0.472 e. The minimum absolute atomic E-state index is 0.0971. The minimum Gasteiger partial charge on any atom is -0.460 e. The number of likely N-dealkylation sites (N-methyl/N-ethyl adjacent to an activating group) is 1. The van der Waals surface area contributed by atoms with Crippen LogP contribution in [0.5, 0.6) is 0 Å². The molecule has 0 aromatic carbocycles. The van der Waals surface area contributed by atoms with Gasteiger partial charge in [-0.25, -0.2) is 4.57 Å². The van der Waals surface area contributed by atoms with Gasteiger partial charge in [0.15, 0.2) is 0 Å². The lowest BCUT2D eigenvalue weighted by Gasteiger charge is -2.24. The Hall–Kier alpha value is -0.500. The van der Waals surface area contributed by atoms with E-state index in [1.807, 2.05) is 28.1 Å². The van der Waals surface area contributed by atoms with E-state index in [9.17, 15) is 14.3 Å². The van der Waals surface area contributed by atoms with Crippen LogP contribution < -0.4 is 0 Å². The summed E-state index contributed by atoms with van der Waals surface area (Å²) in [4.78, 5) is 21.9. The molecule has 2 atom stereocenters. The van der Waals surface area contributed by atoms with Crippen molar-refractivity contribution in [2.75, 3.05) is 54.1 Å². The Morgan fingerprint density at radius 1 is 0.737 bits per heavy atom. The maximum atomic E-state index is 12.2. The molecule has 1 N–H and O–H groups in total. The quantitative estimate of drug-likeness (QED) is 0.0456. The van der Waals surface area contributed by atoms with Crippen LogP contribution in [0.2, 0.25) is 0 Å². The Kier molecular flexibility index (Phi) is 24.0. The lowest BCUT2D eigenvalue weighted by Crippen LogP contribution is -2.37. The molecule has 0 fully saturated rings. The average Bonchev–Trinajstić information content (AvgIpc) is 2.83. The van der Waals surface area contributed by atoms with Crippen LogP contribution in [0.3, 0.4) is 0 Å². The standard InChI is InChI=1S/C29H60NO7P/c1-6-8-9-10-11-12-13-14-15-16-17-18-19-20-24-34-25-22-28(37-29(31)21-7-2)27-36-38(32,33)35-26-23-30(3,4)5/h28H,6-27H2,1-5H3/p+1. The topological polar surface area (TPSA) is 91.3 Å². The molecule has 0 radical (unpaired) electrons. The van der Waals surface area contributed by atoms with Gasteiger partial charge in [-0.1, -0.05) is 97.3 Å². The summed E-state index contributed by atoms with van der Waals surface area (Å²) >= 11 is 0. The lowest BCUT2D eigenvalue weighted by atomic mass is 10.0. The number of phosphoric acid groups is 1. The molecular weight excluding hydrogens is 505 g/mol. The van der Waals surface area contributed by atoms with Crippen molar-refractivity contribution < 1.29 is 37.3 Å². The van der Waals surface area contributed by atoms with Crippen molar-refractivity contribution in [3.8, 4) is 0 Å².